The molecule has 1 heterocycles. The number of amides is 2. The maximum atomic E-state index is 12.0. The zero-order valence-corrected chi connectivity index (χ0v) is 11.3. The number of carbonyl (C=O) groups excluding carboxylic acids is 2. The van der Waals surface area contributed by atoms with E-state index in [9.17, 15) is 9.59 Å². The van der Waals surface area contributed by atoms with Crippen LogP contribution in [0.15, 0.2) is 47.1 Å². The number of nitrogens with one attached hydrogen (secondary N) is 1. The summed E-state index contributed by atoms with van der Waals surface area (Å²) in [6.07, 6.45) is 1.57. The predicted molar refractivity (Wildman–Crippen MR) is 74.9 cm³/mol. The Hall–Kier alpha value is -2.21. The molecule has 19 heavy (non-hydrogen) atoms. The number of nitrogens with two attached hydrogens (primary N) is 1. The maximum Gasteiger partial charge on any atom is 0.256 e. The van der Waals surface area contributed by atoms with Crippen LogP contribution in [0.5, 0.6) is 0 Å². The van der Waals surface area contributed by atoms with Crippen LogP contribution in [-0.2, 0) is 0 Å². The molecule has 1 aromatic carbocycles. The third-order valence-corrected chi connectivity index (χ3v) is 2.87. The number of carbonyl (C=O) groups is 2. The molecule has 0 fully saturated rings. The van der Waals surface area contributed by atoms with Gasteiger partial charge in [-0.05, 0) is 30.3 Å². The van der Waals surface area contributed by atoms with Crippen molar-refractivity contribution in [1.82, 2.24) is 4.98 Å². The van der Waals surface area contributed by atoms with Crippen molar-refractivity contribution >= 4 is 33.6 Å². The zero-order chi connectivity index (χ0) is 13.8. The van der Waals surface area contributed by atoms with E-state index in [2.05, 4.69) is 26.2 Å². The van der Waals surface area contributed by atoms with Gasteiger partial charge in [-0.25, -0.2) is 4.98 Å². The van der Waals surface area contributed by atoms with Crippen molar-refractivity contribution < 1.29 is 9.59 Å². The summed E-state index contributed by atoms with van der Waals surface area (Å²) in [7, 11) is 0. The van der Waals surface area contributed by atoms with Crippen LogP contribution in [0.25, 0.3) is 0 Å². The molecule has 6 heteroatoms. The van der Waals surface area contributed by atoms with Crippen LogP contribution in [0.2, 0.25) is 0 Å². The number of nitrogens with zero attached hydrogens (tertiary/aromatic N) is 1. The molecule has 0 aliphatic carbocycles. The Kier molecular flexibility index (Phi) is 3.91. The third kappa shape index (κ3) is 3.38. The summed E-state index contributed by atoms with van der Waals surface area (Å²) in [6.45, 7) is 0. The number of primary amides is 1. The molecule has 0 saturated heterocycles. The van der Waals surface area contributed by atoms with E-state index in [0.717, 1.165) is 4.47 Å². The summed E-state index contributed by atoms with van der Waals surface area (Å²) in [4.78, 5) is 27.0. The van der Waals surface area contributed by atoms with Crippen LogP contribution < -0.4 is 11.1 Å². The third-order valence-electron chi connectivity index (χ3n) is 2.37. The van der Waals surface area contributed by atoms with Gasteiger partial charge in [0.25, 0.3) is 5.91 Å². The molecule has 0 radical (unpaired) electrons. The molecule has 0 atom stereocenters. The van der Waals surface area contributed by atoms with Crippen molar-refractivity contribution in [3.63, 3.8) is 0 Å². The molecule has 0 bridgehead atoms. The SMILES string of the molecule is NC(=O)c1cccc(C(=O)Nc2cc(Br)ccn2)c1. The molecule has 0 unspecified atom stereocenters. The summed E-state index contributed by atoms with van der Waals surface area (Å²) in [5.41, 5.74) is 5.80. The highest BCUT2D eigenvalue weighted by Crippen LogP contribution is 2.14. The van der Waals surface area contributed by atoms with Gasteiger partial charge in [-0.2, -0.15) is 0 Å². The van der Waals surface area contributed by atoms with Gasteiger partial charge < -0.3 is 11.1 Å². The Morgan fingerprint density at radius 3 is 2.58 bits per heavy atom. The van der Waals surface area contributed by atoms with Gasteiger partial charge >= 0.3 is 0 Å². The second-order valence-electron chi connectivity index (χ2n) is 3.76. The average Bonchev–Trinajstić information content (AvgIpc) is 2.39. The minimum atomic E-state index is -0.574. The number of halogens is 1. The smallest absolute Gasteiger partial charge is 0.256 e. The molecule has 96 valence electrons. The average molecular weight is 320 g/mol. The first kappa shape index (κ1) is 13.2. The highest BCUT2D eigenvalue weighted by atomic mass is 79.9. The summed E-state index contributed by atoms with van der Waals surface area (Å²) < 4.78 is 0.809. The minimum absolute atomic E-state index is 0.287. The Morgan fingerprint density at radius 2 is 1.89 bits per heavy atom. The second kappa shape index (κ2) is 5.62. The number of pyridine rings is 1. The van der Waals surface area contributed by atoms with E-state index >= 15 is 0 Å². The molecule has 0 aliphatic heterocycles. The zero-order valence-electron chi connectivity index (χ0n) is 9.76. The van der Waals surface area contributed by atoms with Gasteiger partial charge in [-0.3, -0.25) is 9.59 Å². The van der Waals surface area contributed by atoms with E-state index in [1.807, 2.05) is 0 Å². The van der Waals surface area contributed by atoms with Gasteiger partial charge in [-0.15, -0.1) is 0 Å². The van der Waals surface area contributed by atoms with Crippen molar-refractivity contribution in [1.29, 1.82) is 0 Å². The molecule has 0 saturated carbocycles. The molecular weight excluding hydrogens is 310 g/mol. The fraction of sp³-hybridized carbons (Fsp3) is 0. The molecular formula is C13H10BrN3O2. The molecule has 2 rings (SSSR count). The van der Waals surface area contributed by atoms with E-state index in [-0.39, 0.29) is 11.5 Å². The fourth-order valence-electron chi connectivity index (χ4n) is 1.48. The summed E-state index contributed by atoms with van der Waals surface area (Å²) in [5.74, 6) is -0.507. The first-order valence-electron chi connectivity index (χ1n) is 5.39. The lowest BCUT2D eigenvalue weighted by molar-refractivity contribution is 0.1000. The molecule has 1 aromatic heterocycles. The Labute approximate surface area is 118 Å². The monoisotopic (exact) mass is 319 g/mol. The van der Waals surface area contributed by atoms with Gasteiger partial charge in [0.15, 0.2) is 0 Å². The lowest BCUT2D eigenvalue weighted by Gasteiger charge is -2.05. The summed E-state index contributed by atoms with van der Waals surface area (Å²) >= 11 is 3.29. The minimum Gasteiger partial charge on any atom is -0.366 e. The van der Waals surface area contributed by atoms with Gasteiger partial charge in [0, 0.05) is 21.8 Å². The molecule has 0 spiro atoms. The molecule has 3 N–H and O–H groups in total. The first-order valence-corrected chi connectivity index (χ1v) is 6.18. The topological polar surface area (TPSA) is 85.1 Å². The Bertz CT molecular complexity index is 643. The number of hydrogen-bond acceptors (Lipinski definition) is 3. The number of rotatable bonds is 3. The van der Waals surface area contributed by atoms with Crippen LogP contribution in [0.3, 0.4) is 0 Å². The van der Waals surface area contributed by atoms with Crippen molar-refractivity contribution in [2.24, 2.45) is 5.73 Å². The van der Waals surface area contributed by atoms with Crippen LogP contribution in [0.1, 0.15) is 20.7 Å². The van der Waals surface area contributed by atoms with Crippen molar-refractivity contribution in [2.45, 2.75) is 0 Å². The normalized spacial score (nSPS) is 9.95. The first-order chi connectivity index (χ1) is 9.06. The lowest BCUT2D eigenvalue weighted by atomic mass is 10.1. The van der Waals surface area contributed by atoms with Crippen LogP contribution in [0.4, 0.5) is 5.82 Å². The quantitative estimate of drug-likeness (QED) is 0.909. The highest BCUT2D eigenvalue weighted by molar-refractivity contribution is 9.10. The van der Waals surface area contributed by atoms with Gasteiger partial charge in [0.2, 0.25) is 5.91 Å². The number of hydrogen-bond donors (Lipinski definition) is 2. The Morgan fingerprint density at radius 1 is 1.16 bits per heavy atom. The standard InChI is InChI=1S/C13H10BrN3O2/c14-10-4-5-16-11(7-10)17-13(19)9-3-1-2-8(6-9)12(15)18/h1-7H,(H2,15,18)(H,16,17,19). The largest absolute Gasteiger partial charge is 0.366 e. The number of benzene rings is 1. The molecule has 5 nitrogen and oxygen atoms in total. The van der Waals surface area contributed by atoms with E-state index in [0.29, 0.717) is 11.4 Å². The Balaban J connectivity index is 2.20. The van der Waals surface area contributed by atoms with Crippen LogP contribution in [0, 0.1) is 0 Å². The van der Waals surface area contributed by atoms with Gasteiger partial charge in [0.05, 0.1) is 0 Å². The van der Waals surface area contributed by atoms with Crippen molar-refractivity contribution in [3.05, 3.63) is 58.2 Å². The van der Waals surface area contributed by atoms with E-state index < -0.39 is 5.91 Å². The van der Waals surface area contributed by atoms with Crippen molar-refractivity contribution in [2.75, 3.05) is 5.32 Å². The van der Waals surface area contributed by atoms with Crippen LogP contribution in [-0.4, -0.2) is 16.8 Å². The summed E-state index contributed by atoms with van der Waals surface area (Å²) in [6, 6.07) is 9.62. The predicted octanol–water partition coefficient (Wildman–Crippen LogP) is 2.20. The van der Waals surface area contributed by atoms with E-state index in [1.54, 1.807) is 36.5 Å². The second-order valence-corrected chi connectivity index (χ2v) is 4.67. The molecule has 2 amide bonds. The molecule has 2 aromatic rings. The maximum absolute atomic E-state index is 12.0. The summed E-state index contributed by atoms with van der Waals surface area (Å²) in [5, 5.41) is 2.63. The van der Waals surface area contributed by atoms with Gasteiger partial charge in [0.1, 0.15) is 5.82 Å². The van der Waals surface area contributed by atoms with Crippen molar-refractivity contribution in [3.8, 4) is 0 Å². The van der Waals surface area contributed by atoms with E-state index in [1.165, 1.54) is 6.07 Å². The fourth-order valence-corrected chi connectivity index (χ4v) is 1.81. The molecule has 0 aliphatic rings. The van der Waals surface area contributed by atoms with Gasteiger partial charge in [-0.1, -0.05) is 22.0 Å². The number of aromatic nitrogens is 1. The van der Waals surface area contributed by atoms with E-state index in [4.69, 9.17) is 5.73 Å². The van der Waals surface area contributed by atoms with Crippen LogP contribution >= 0.6 is 15.9 Å². The lowest BCUT2D eigenvalue weighted by Crippen LogP contribution is -2.15. The number of anilines is 1. The highest BCUT2D eigenvalue weighted by Gasteiger charge is 2.09.